The minimum Gasteiger partial charge on any atom is -0.480 e. The Labute approximate surface area is 101 Å². The molecule has 2 aliphatic rings. The third-order valence-electron chi connectivity index (χ3n) is 3.74. The molecule has 5 nitrogen and oxygen atoms in total. The van der Waals surface area contributed by atoms with Crippen LogP contribution in [0.2, 0.25) is 0 Å². The maximum Gasteiger partial charge on any atom is 0.326 e. The normalized spacial score (nSPS) is 25.5. The van der Waals surface area contributed by atoms with Gasteiger partial charge in [-0.05, 0) is 37.5 Å². The molecule has 1 aliphatic heterocycles. The lowest BCUT2D eigenvalue weighted by Crippen LogP contribution is -2.54. The van der Waals surface area contributed by atoms with Crippen LogP contribution in [0.25, 0.3) is 0 Å². The number of ether oxygens (including phenoxy) is 2. The molecule has 0 aromatic heterocycles. The Morgan fingerprint density at radius 1 is 1.35 bits per heavy atom. The molecule has 0 spiro atoms. The highest BCUT2D eigenvalue weighted by Crippen LogP contribution is 2.38. The lowest BCUT2D eigenvalue weighted by atomic mass is 9.95. The first-order chi connectivity index (χ1) is 8.13. The maximum absolute atomic E-state index is 11.2. The Morgan fingerprint density at radius 2 is 2.00 bits per heavy atom. The van der Waals surface area contributed by atoms with E-state index in [1.807, 2.05) is 0 Å². The molecule has 1 atom stereocenters. The van der Waals surface area contributed by atoms with Crippen molar-refractivity contribution in [2.24, 2.45) is 17.6 Å². The summed E-state index contributed by atoms with van der Waals surface area (Å²) in [6.45, 7) is 2.29. The van der Waals surface area contributed by atoms with Crippen molar-refractivity contribution in [2.45, 2.75) is 31.2 Å². The van der Waals surface area contributed by atoms with Crippen LogP contribution in [0, 0.1) is 11.8 Å². The van der Waals surface area contributed by atoms with E-state index in [4.69, 9.17) is 20.3 Å². The average molecular weight is 243 g/mol. The molecule has 98 valence electrons. The van der Waals surface area contributed by atoms with Crippen molar-refractivity contribution in [1.29, 1.82) is 0 Å². The Kier molecular flexibility index (Phi) is 4.01. The molecule has 17 heavy (non-hydrogen) atoms. The van der Waals surface area contributed by atoms with E-state index in [0.717, 1.165) is 38.9 Å². The molecule has 0 radical (unpaired) electrons. The van der Waals surface area contributed by atoms with Gasteiger partial charge >= 0.3 is 5.97 Å². The van der Waals surface area contributed by atoms with Gasteiger partial charge in [0.05, 0.1) is 6.61 Å². The van der Waals surface area contributed by atoms with Gasteiger partial charge in [-0.1, -0.05) is 0 Å². The summed E-state index contributed by atoms with van der Waals surface area (Å²) < 4.78 is 10.8. The smallest absolute Gasteiger partial charge is 0.326 e. The fourth-order valence-electron chi connectivity index (χ4n) is 2.26. The van der Waals surface area contributed by atoms with E-state index in [2.05, 4.69) is 0 Å². The third kappa shape index (κ3) is 3.18. The predicted molar refractivity (Wildman–Crippen MR) is 61.6 cm³/mol. The highest BCUT2D eigenvalue weighted by atomic mass is 16.5. The standard InChI is InChI=1S/C12H21NO4/c13-12(11(14)15,10-1-2-10)8-17-7-9-3-5-16-6-4-9/h9-10H,1-8,13H2,(H,14,15). The molecular weight excluding hydrogens is 222 g/mol. The molecular formula is C12H21NO4. The third-order valence-corrected chi connectivity index (χ3v) is 3.74. The first kappa shape index (κ1) is 12.8. The summed E-state index contributed by atoms with van der Waals surface area (Å²) in [6, 6.07) is 0. The van der Waals surface area contributed by atoms with Crippen LogP contribution in [0.1, 0.15) is 25.7 Å². The summed E-state index contributed by atoms with van der Waals surface area (Å²) in [4.78, 5) is 11.2. The van der Waals surface area contributed by atoms with Gasteiger partial charge in [0.15, 0.2) is 0 Å². The number of rotatable bonds is 6. The number of carboxylic acid groups (broad SMARTS) is 1. The van der Waals surface area contributed by atoms with Crippen LogP contribution >= 0.6 is 0 Å². The fraction of sp³-hybridized carbons (Fsp3) is 0.917. The minimum atomic E-state index is -1.18. The van der Waals surface area contributed by atoms with Gasteiger partial charge in [0.25, 0.3) is 0 Å². The van der Waals surface area contributed by atoms with E-state index in [0.29, 0.717) is 12.5 Å². The Bertz CT molecular complexity index is 274. The number of carboxylic acids is 1. The van der Waals surface area contributed by atoms with Gasteiger partial charge in [-0.2, -0.15) is 0 Å². The van der Waals surface area contributed by atoms with E-state index >= 15 is 0 Å². The van der Waals surface area contributed by atoms with E-state index in [-0.39, 0.29) is 12.5 Å². The molecule has 0 amide bonds. The number of nitrogens with two attached hydrogens (primary N) is 1. The fourth-order valence-corrected chi connectivity index (χ4v) is 2.26. The molecule has 0 aromatic rings. The topological polar surface area (TPSA) is 81.8 Å². The van der Waals surface area contributed by atoms with Gasteiger partial charge < -0.3 is 20.3 Å². The highest BCUT2D eigenvalue weighted by molar-refractivity contribution is 5.79. The first-order valence-electron chi connectivity index (χ1n) is 6.30. The number of hydrogen-bond acceptors (Lipinski definition) is 4. The quantitative estimate of drug-likeness (QED) is 0.714. The second-order valence-electron chi connectivity index (χ2n) is 5.19. The zero-order valence-electron chi connectivity index (χ0n) is 10.1. The molecule has 3 N–H and O–H groups in total. The second-order valence-corrected chi connectivity index (χ2v) is 5.19. The molecule has 1 unspecified atom stereocenters. The molecule has 2 rings (SSSR count). The minimum absolute atomic E-state index is 0.0923. The van der Waals surface area contributed by atoms with Crippen molar-refractivity contribution in [3.8, 4) is 0 Å². The monoisotopic (exact) mass is 243 g/mol. The summed E-state index contributed by atoms with van der Waals surface area (Å²) in [5.74, 6) is -0.359. The lowest BCUT2D eigenvalue weighted by molar-refractivity contribution is -0.147. The van der Waals surface area contributed by atoms with Crippen molar-refractivity contribution >= 4 is 5.97 Å². The Hall–Kier alpha value is -0.650. The molecule has 2 fully saturated rings. The molecule has 0 bridgehead atoms. The Balaban J connectivity index is 1.73. The summed E-state index contributed by atoms with van der Waals surface area (Å²) in [5.41, 5.74) is 4.74. The van der Waals surface area contributed by atoms with Crippen molar-refractivity contribution < 1.29 is 19.4 Å². The zero-order chi connectivity index (χ0) is 12.3. The van der Waals surface area contributed by atoms with Gasteiger partial charge in [-0.15, -0.1) is 0 Å². The van der Waals surface area contributed by atoms with E-state index in [1.165, 1.54) is 0 Å². The van der Waals surface area contributed by atoms with E-state index in [1.54, 1.807) is 0 Å². The van der Waals surface area contributed by atoms with Crippen molar-refractivity contribution in [1.82, 2.24) is 0 Å². The molecule has 1 saturated carbocycles. The van der Waals surface area contributed by atoms with Crippen molar-refractivity contribution in [2.75, 3.05) is 26.4 Å². The molecule has 1 saturated heterocycles. The predicted octanol–water partition coefficient (Wildman–Crippen LogP) is 0.622. The van der Waals surface area contributed by atoms with Gasteiger partial charge in [0.2, 0.25) is 0 Å². The SMILES string of the molecule is NC(COCC1CCOCC1)(C(=O)O)C1CC1. The zero-order valence-corrected chi connectivity index (χ0v) is 10.1. The van der Waals surface area contributed by atoms with E-state index < -0.39 is 11.5 Å². The number of hydrogen-bond donors (Lipinski definition) is 2. The van der Waals surface area contributed by atoms with Gasteiger partial charge in [-0.3, -0.25) is 4.79 Å². The van der Waals surface area contributed by atoms with Crippen LogP contribution in [0.4, 0.5) is 0 Å². The molecule has 5 heteroatoms. The highest BCUT2D eigenvalue weighted by Gasteiger charge is 2.48. The Morgan fingerprint density at radius 3 is 2.53 bits per heavy atom. The van der Waals surface area contributed by atoms with Crippen LogP contribution in [0.3, 0.4) is 0 Å². The summed E-state index contributed by atoms with van der Waals surface area (Å²) in [7, 11) is 0. The van der Waals surface area contributed by atoms with E-state index in [9.17, 15) is 4.79 Å². The van der Waals surface area contributed by atoms with Gasteiger partial charge in [0, 0.05) is 19.8 Å². The van der Waals surface area contributed by atoms with Crippen molar-refractivity contribution in [3.63, 3.8) is 0 Å². The largest absolute Gasteiger partial charge is 0.480 e. The second kappa shape index (κ2) is 5.33. The summed E-state index contributed by atoms with van der Waals surface area (Å²) in [5, 5.41) is 9.15. The molecule has 1 aliphatic carbocycles. The van der Waals surface area contributed by atoms with Crippen LogP contribution in [0.15, 0.2) is 0 Å². The number of carbonyl (C=O) groups is 1. The maximum atomic E-state index is 11.2. The van der Waals surface area contributed by atoms with Crippen LogP contribution in [-0.2, 0) is 14.3 Å². The van der Waals surface area contributed by atoms with Crippen molar-refractivity contribution in [3.05, 3.63) is 0 Å². The van der Waals surface area contributed by atoms with Crippen LogP contribution in [-0.4, -0.2) is 43.0 Å². The number of aliphatic carboxylic acids is 1. The molecule has 0 aromatic carbocycles. The summed E-state index contributed by atoms with van der Waals surface area (Å²) >= 11 is 0. The van der Waals surface area contributed by atoms with Crippen LogP contribution < -0.4 is 5.73 Å². The summed E-state index contributed by atoms with van der Waals surface area (Å²) in [6.07, 6.45) is 3.80. The average Bonchev–Trinajstić information content (AvgIpc) is 3.14. The first-order valence-corrected chi connectivity index (χ1v) is 6.30. The lowest BCUT2D eigenvalue weighted by Gasteiger charge is -2.27. The molecule has 1 heterocycles. The van der Waals surface area contributed by atoms with Gasteiger partial charge in [0.1, 0.15) is 5.54 Å². The van der Waals surface area contributed by atoms with Gasteiger partial charge in [-0.25, -0.2) is 0 Å². The van der Waals surface area contributed by atoms with Crippen LogP contribution in [0.5, 0.6) is 0 Å².